The van der Waals surface area contributed by atoms with Crippen LogP contribution in [0.3, 0.4) is 0 Å². The summed E-state index contributed by atoms with van der Waals surface area (Å²) < 4.78 is 14.2. The SMILES string of the molecule is CN(C)C(=O)C1=NO[C@@H]2CN(C(=O)C3(F)CCC3)C[C@H]12. The third-order valence-corrected chi connectivity index (χ3v) is 4.35. The van der Waals surface area contributed by atoms with E-state index in [2.05, 4.69) is 5.16 Å². The van der Waals surface area contributed by atoms with Crippen LogP contribution in [-0.4, -0.2) is 66.3 Å². The summed E-state index contributed by atoms with van der Waals surface area (Å²) in [6, 6.07) is 0. The van der Waals surface area contributed by atoms with Crippen molar-refractivity contribution in [1.29, 1.82) is 0 Å². The van der Waals surface area contributed by atoms with Gasteiger partial charge in [-0.05, 0) is 19.3 Å². The number of fused-ring (bicyclic) bond motifs is 1. The van der Waals surface area contributed by atoms with E-state index in [9.17, 15) is 14.0 Å². The van der Waals surface area contributed by atoms with Crippen LogP contribution in [0.1, 0.15) is 19.3 Å². The zero-order valence-corrected chi connectivity index (χ0v) is 11.6. The normalized spacial score (nSPS) is 30.1. The van der Waals surface area contributed by atoms with Crippen LogP contribution in [-0.2, 0) is 14.4 Å². The molecule has 3 aliphatic rings. The van der Waals surface area contributed by atoms with Crippen LogP contribution in [0.15, 0.2) is 5.16 Å². The first-order valence-electron chi connectivity index (χ1n) is 6.86. The molecule has 0 bridgehead atoms. The van der Waals surface area contributed by atoms with Crippen molar-refractivity contribution in [1.82, 2.24) is 9.80 Å². The Bertz CT molecular complexity index is 487. The average molecular weight is 283 g/mol. The average Bonchev–Trinajstić information content (AvgIpc) is 2.93. The topological polar surface area (TPSA) is 62.2 Å². The fourth-order valence-corrected chi connectivity index (χ4v) is 2.91. The van der Waals surface area contributed by atoms with Crippen LogP contribution >= 0.6 is 0 Å². The zero-order chi connectivity index (χ0) is 14.5. The number of likely N-dealkylation sites (tertiary alicyclic amines) is 1. The molecule has 7 heteroatoms. The Morgan fingerprint density at radius 2 is 2.10 bits per heavy atom. The molecular weight excluding hydrogens is 265 g/mol. The Morgan fingerprint density at radius 3 is 2.65 bits per heavy atom. The minimum atomic E-state index is -1.69. The van der Waals surface area contributed by atoms with Crippen molar-refractivity contribution < 1.29 is 18.8 Å². The number of nitrogens with zero attached hydrogens (tertiary/aromatic N) is 3. The van der Waals surface area contributed by atoms with Crippen molar-refractivity contribution in [2.24, 2.45) is 11.1 Å². The van der Waals surface area contributed by atoms with Gasteiger partial charge in [0.05, 0.1) is 12.5 Å². The molecule has 110 valence electrons. The van der Waals surface area contributed by atoms with E-state index in [4.69, 9.17) is 4.84 Å². The van der Waals surface area contributed by atoms with Crippen molar-refractivity contribution in [3.8, 4) is 0 Å². The summed E-state index contributed by atoms with van der Waals surface area (Å²) in [5, 5.41) is 3.83. The highest BCUT2D eigenvalue weighted by molar-refractivity contribution is 6.40. The summed E-state index contributed by atoms with van der Waals surface area (Å²) >= 11 is 0. The maximum atomic E-state index is 14.2. The first-order chi connectivity index (χ1) is 9.42. The van der Waals surface area contributed by atoms with Crippen LogP contribution < -0.4 is 0 Å². The molecule has 0 aromatic carbocycles. The predicted octanol–water partition coefficient (Wildman–Crippen LogP) is 0.180. The Hall–Kier alpha value is -1.66. The van der Waals surface area contributed by atoms with Gasteiger partial charge in [-0.3, -0.25) is 9.59 Å². The lowest BCUT2D eigenvalue weighted by Crippen LogP contribution is -2.50. The molecule has 2 atom stereocenters. The molecule has 3 rings (SSSR count). The lowest BCUT2D eigenvalue weighted by atomic mass is 9.81. The first kappa shape index (κ1) is 13.3. The van der Waals surface area contributed by atoms with Gasteiger partial charge in [-0.1, -0.05) is 5.16 Å². The van der Waals surface area contributed by atoms with Crippen LogP contribution in [0.4, 0.5) is 4.39 Å². The molecule has 0 spiro atoms. The summed E-state index contributed by atoms with van der Waals surface area (Å²) in [5.41, 5.74) is -1.36. The summed E-state index contributed by atoms with van der Waals surface area (Å²) in [4.78, 5) is 32.3. The smallest absolute Gasteiger partial charge is 0.271 e. The second-order valence-corrected chi connectivity index (χ2v) is 5.96. The van der Waals surface area contributed by atoms with Gasteiger partial charge in [-0.15, -0.1) is 0 Å². The number of rotatable bonds is 2. The number of hydrogen-bond acceptors (Lipinski definition) is 4. The van der Waals surface area contributed by atoms with Gasteiger partial charge in [0, 0.05) is 20.6 Å². The molecule has 0 radical (unpaired) electrons. The number of alkyl halides is 1. The molecule has 0 N–H and O–H groups in total. The van der Waals surface area contributed by atoms with Gasteiger partial charge in [0.2, 0.25) is 0 Å². The molecule has 6 nitrogen and oxygen atoms in total. The van der Waals surface area contributed by atoms with Gasteiger partial charge < -0.3 is 14.6 Å². The summed E-state index contributed by atoms with van der Waals surface area (Å²) in [6.45, 7) is 0.621. The van der Waals surface area contributed by atoms with Gasteiger partial charge in [-0.25, -0.2) is 4.39 Å². The molecule has 2 amide bonds. The molecule has 2 aliphatic heterocycles. The van der Waals surface area contributed by atoms with Crippen molar-refractivity contribution in [3.05, 3.63) is 0 Å². The minimum Gasteiger partial charge on any atom is -0.389 e. The maximum absolute atomic E-state index is 14.2. The van der Waals surface area contributed by atoms with Crippen molar-refractivity contribution in [2.75, 3.05) is 27.2 Å². The predicted molar refractivity (Wildman–Crippen MR) is 68.8 cm³/mol. The van der Waals surface area contributed by atoms with Crippen LogP contribution in [0.5, 0.6) is 0 Å². The van der Waals surface area contributed by atoms with Crippen LogP contribution in [0.25, 0.3) is 0 Å². The van der Waals surface area contributed by atoms with Gasteiger partial charge in [-0.2, -0.15) is 0 Å². The lowest BCUT2D eigenvalue weighted by molar-refractivity contribution is -0.149. The zero-order valence-electron chi connectivity index (χ0n) is 11.6. The Kier molecular flexibility index (Phi) is 2.95. The van der Waals surface area contributed by atoms with Gasteiger partial charge in [0.1, 0.15) is 0 Å². The second kappa shape index (κ2) is 4.43. The van der Waals surface area contributed by atoms with Gasteiger partial charge in [0.15, 0.2) is 17.5 Å². The molecule has 1 saturated heterocycles. The summed E-state index contributed by atoms with van der Waals surface area (Å²) in [5.74, 6) is -0.915. The standard InChI is InChI=1S/C13H18FN3O3/c1-16(2)11(18)10-8-6-17(7-9(8)20-15-10)12(19)13(14)4-3-5-13/h8-9H,3-7H2,1-2H3/t8-,9+/m0/s1. The first-order valence-corrected chi connectivity index (χ1v) is 6.86. The molecule has 0 aromatic heterocycles. The molecule has 20 heavy (non-hydrogen) atoms. The summed E-state index contributed by atoms with van der Waals surface area (Å²) in [6.07, 6.45) is 1.04. The van der Waals surface area contributed by atoms with E-state index in [1.54, 1.807) is 14.1 Å². The van der Waals surface area contributed by atoms with Gasteiger partial charge >= 0.3 is 0 Å². The largest absolute Gasteiger partial charge is 0.389 e. The Labute approximate surface area is 116 Å². The van der Waals surface area contributed by atoms with E-state index in [1.165, 1.54) is 9.80 Å². The number of oxime groups is 1. The third-order valence-electron chi connectivity index (χ3n) is 4.35. The number of carbonyl (C=O) groups is 2. The highest BCUT2D eigenvalue weighted by Gasteiger charge is 2.53. The van der Waals surface area contributed by atoms with E-state index in [1.807, 2.05) is 0 Å². The maximum Gasteiger partial charge on any atom is 0.271 e. The van der Waals surface area contributed by atoms with Crippen molar-refractivity contribution in [2.45, 2.75) is 31.0 Å². The molecule has 2 heterocycles. The molecule has 2 fully saturated rings. The van der Waals surface area contributed by atoms with E-state index in [0.717, 1.165) is 6.42 Å². The monoisotopic (exact) mass is 283 g/mol. The van der Waals surface area contributed by atoms with E-state index in [0.29, 0.717) is 31.6 Å². The quantitative estimate of drug-likeness (QED) is 0.726. The molecule has 1 aliphatic carbocycles. The highest BCUT2D eigenvalue weighted by Crippen LogP contribution is 2.39. The number of hydrogen-bond donors (Lipinski definition) is 0. The number of amides is 2. The van der Waals surface area contributed by atoms with E-state index >= 15 is 0 Å². The second-order valence-electron chi connectivity index (χ2n) is 5.96. The fraction of sp³-hybridized carbons (Fsp3) is 0.769. The Morgan fingerprint density at radius 1 is 1.40 bits per heavy atom. The highest BCUT2D eigenvalue weighted by atomic mass is 19.1. The van der Waals surface area contributed by atoms with Gasteiger partial charge in [0.25, 0.3) is 11.8 Å². The van der Waals surface area contributed by atoms with E-state index < -0.39 is 11.6 Å². The molecule has 0 unspecified atom stereocenters. The lowest BCUT2D eigenvalue weighted by Gasteiger charge is -2.35. The van der Waals surface area contributed by atoms with Crippen LogP contribution in [0.2, 0.25) is 0 Å². The van der Waals surface area contributed by atoms with Crippen molar-refractivity contribution >= 4 is 17.5 Å². The molecular formula is C13H18FN3O3. The minimum absolute atomic E-state index is 0.217. The third kappa shape index (κ3) is 1.87. The molecule has 1 saturated carbocycles. The Balaban J connectivity index is 1.70. The number of halogens is 1. The van der Waals surface area contributed by atoms with Crippen molar-refractivity contribution in [3.63, 3.8) is 0 Å². The van der Waals surface area contributed by atoms with Crippen LogP contribution in [0, 0.1) is 5.92 Å². The molecule has 0 aromatic rings. The van der Waals surface area contributed by atoms with E-state index in [-0.39, 0.29) is 17.9 Å². The fourth-order valence-electron chi connectivity index (χ4n) is 2.91. The number of carbonyl (C=O) groups excluding carboxylic acids is 2. The summed E-state index contributed by atoms with van der Waals surface area (Å²) in [7, 11) is 3.28.